The maximum absolute atomic E-state index is 13.6. The number of aliphatic hydroxyl groups is 1. The van der Waals surface area contributed by atoms with Crippen molar-refractivity contribution in [3.8, 4) is 5.75 Å². The van der Waals surface area contributed by atoms with Crippen LogP contribution in [0.2, 0.25) is 0 Å². The van der Waals surface area contributed by atoms with Crippen LogP contribution in [0.15, 0.2) is 41.3 Å². The molecule has 11 heteroatoms. The van der Waals surface area contributed by atoms with Crippen LogP contribution in [0.1, 0.15) is 70.2 Å². The lowest BCUT2D eigenvalue weighted by Gasteiger charge is -2.61. The Balaban J connectivity index is 1.32. The predicted octanol–water partition coefficient (Wildman–Crippen LogP) is 5.80. The Morgan fingerprint density at radius 2 is 1.98 bits per heavy atom. The van der Waals surface area contributed by atoms with Crippen molar-refractivity contribution in [1.82, 2.24) is 10.2 Å². The van der Waals surface area contributed by atoms with E-state index in [-0.39, 0.29) is 40.6 Å². The SMILES string of the molecule is C=C[C@]1(C)C[C@@H](OC(=O)CSc2nnc(NC(=O)c3ccccc3OC)s2)[C@]2(C)[C@H](C)CC[C@]3(CCC(=O)[C@H]32)[C@@H](C)[C@@H]1O. The summed E-state index contributed by atoms with van der Waals surface area (Å²) in [4.78, 5) is 39.7. The molecule has 0 aliphatic heterocycles. The number of Topliss-reactive ketones (excluding diaryl/α,β-unsaturated/α-hetero) is 1. The number of ether oxygens (including phenoxy) is 2. The molecule has 9 nitrogen and oxygen atoms in total. The molecule has 3 aliphatic carbocycles. The Labute approximate surface area is 261 Å². The first-order valence-corrected chi connectivity index (χ1v) is 16.6. The van der Waals surface area contributed by atoms with Gasteiger partial charge < -0.3 is 14.6 Å². The second-order valence-electron chi connectivity index (χ2n) is 12.9. The summed E-state index contributed by atoms with van der Waals surface area (Å²) in [5.74, 6) is -0.328. The molecular formula is C32H41N3O6S2. The van der Waals surface area contributed by atoms with Crippen molar-refractivity contribution in [1.29, 1.82) is 0 Å². The molecule has 2 N–H and O–H groups in total. The number of aromatic nitrogens is 2. The van der Waals surface area contributed by atoms with Crippen molar-refractivity contribution in [2.24, 2.45) is 34.0 Å². The van der Waals surface area contributed by atoms with Crippen LogP contribution in [0.5, 0.6) is 5.75 Å². The number of nitrogens with zero attached hydrogens (tertiary/aromatic N) is 2. The average Bonchev–Trinajstić information content (AvgIpc) is 3.60. The smallest absolute Gasteiger partial charge is 0.316 e. The van der Waals surface area contributed by atoms with Gasteiger partial charge in [-0.25, -0.2) is 0 Å². The number of thioether (sulfide) groups is 1. The summed E-state index contributed by atoms with van der Waals surface area (Å²) >= 11 is 2.35. The monoisotopic (exact) mass is 627 g/mol. The molecule has 8 atom stereocenters. The van der Waals surface area contributed by atoms with Crippen LogP contribution in [-0.2, 0) is 14.3 Å². The van der Waals surface area contributed by atoms with Gasteiger partial charge in [-0.2, -0.15) is 0 Å². The third-order valence-electron chi connectivity index (χ3n) is 10.9. The number of benzene rings is 1. The van der Waals surface area contributed by atoms with Gasteiger partial charge in [0.1, 0.15) is 17.6 Å². The quantitative estimate of drug-likeness (QED) is 0.162. The van der Waals surface area contributed by atoms with Gasteiger partial charge in [0.2, 0.25) is 5.13 Å². The molecule has 1 aromatic heterocycles. The van der Waals surface area contributed by atoms with Gasteiger partial charge in [-0.15, -0.1) is 16.8 Å². The Kier molecular flexibility index (Phi) is 8.81. The fraction of sp³-hybridized carbons (Fsp3) is 0.594. The molecule has 0 spiro atoms. The minimum atomic E-state index is -0.710. The number of aliphatic hydroxyl groups excluding tert-OH is 1. The summed E-state index contributed by atoms with van der Waals surface area (Å²) in [5, 5.41) is 22.9. The summed E-state index contributed by atoms with van der Waals surface area (Å²) in [6, 6.07) is 6.89. The van der Waals surface area contributed by atoms with Crippen LogP contribution in [0, 0.1) is 34.0 Å². The van der Waals surface area contributed by atoms with Gasteiger partial charge >= 0.3 is 5.97 Å². The summed E-state index contributed by atoms with van der Waals surface area (Å²) in [5.41, 5.74) is -1.20. The van der Waals surface area contributed by atoms with Crippen LogP contribution in [0.25, 0.3) is 0 Å². The number of carbonyl (C=O) groups excluding carboxylic acids is 3. The topological polar surface area (TPSA) is 128 Å². The Morgan fingerprint density at radius 3 is 2.70 bits per heavy atom. The zero-order valence-corrected chi connectivity index (χ0v) is 27.1. The van der Waals surface area contributed by atoms with Gasteiger partial charge in [-0.05, 0) is 55.1 Å². The predicted molar refractivity (Wildman–Crippen MR) is 166 cm³/mol. The third kappa shape index (κ3) is 5.42. The molecule has 3 fully saturated rings. The summed E-state index contributed by atoms with van der Waals surface area (Å²) in [7, 11) is 1.50. The van der Waals surface area contributed by atoms with E-state index in [0.29, 0.717) is 33.6 Å². The van der Waals surface area contributed by atoms with Crippen LogP contribution in [0.4, 0.5) is 5.13 Å². The molecule has 3 saturated carbocycles. The van der Waals surface area contributed by atoms with Crippen LogP contribution in [-0.4, -0.2) is 58.0 Å². The largest absolute Gasteiger partial charge is 0.496 e. The number of carbonyl (C=O) groups is 3. The van der Waals surface area contributed by atoms with Gasteiger partial charge in [0.25, 0.3) is 5.91 Å². The van der Waals surface area contributed by atoms with Crippen molar-refractivity contribution < 1.29 is 29.0 Å². The van der Waals surface area contributed by atoms with Gasteiger partial charge in [-0.3, -0.25) is 19.7 Å². The number of hydrogen-bond donors (Lipinski definition) is 2. The van der Waals surface area contributed by atoms with Gasteiger partial charge in [-0.1, -0.05) is 69.0 Å². The minimum Gasteiger partial charge on any atom is -0.496 e. The van der Waals surface area contributed by atoms with E-state index in [1.807, 2.05) is 6.92 Å². The number of amides is 1. The van der Waals surface area contributed by atoms with Crippen molar-refractivity contribution in [3.05, 3.63) is 42.5 Å². The van der Waals surface area contributed by atoms with Crippen molar-refractivity contribution >= 4 is 45.9 Å². The molecule has 2 aromatic rings. The second-order valence-corrected chi connectivity index (χ2v) is 15.1. The van der Waals surface area contributed by atoms with E-state index in [1.54, 1.807) is 30.3 Å². The molecule has 0 saturated heterocycles. The Bertz CT molecular complexity index is 1410. The molecule has 232 valence electrons. The van der Waals surface area contributed by atoms with E-state index < -0.39 is 29.0 Å². The summed E-state index contributed by atoms with van der Waals surface area (Å²) in [6.45, 7) is 12.4. The molecule has 3 aliphatic rings. The fourth-order valence-electron chi connectivity index (χ4n) is 8.13. The second kappa shape index (κ2) is 12.0. The van der Waals surface area contributed by atoms with Gasteiger partial charge in [0, 0.05) is 23.2 Å². The van der Waals surface area contributed by atoms with E-state index in [1.165, 1.54) is 18.9 Å². The van der Waals surface area contributed by atoms with Gasteiger partial charge in [0.05, 0.1) is 24.5 Å². The first-order chi connectivity index (χ1) is 20.4. The number of para-hydroxylation sites is 1. The molecule has 0 radical (unpaired) electrons. The molecule has 1 aromatic carbocycles. The zero-order valence-electron chi connectivity index (χ0n) is 25.4. The highest BCUT2D eigenvalue weighted by Gasteiger charge is 2.68. The number of esters is 1. The van der Waals surface area contributed by atoms with Crippen LogP contribution < -0.4 is 10.1 Å². The molecule has 1 heterocycles. The number of nitrogens with one attached hydrogen (secondary N) is 1. The summed E-state index contributed by atoms with van der Waals surface area (Å²) < 4.78 is 12.1. The molecule has 43 heavy (non-hydrogen) atoms. The van der Waals surface area contributed by atoms with Crippen molar-refractivity contribution in [3.63, 3.8) is 0 Å². The Hall–Kier alpha value is -2.76. The van der Waals surface area contributed by atoms with Gasteiger partial charge in [0.15, 0.2) is 4.34 Å². The molecule has 5 rings (SSSR count). The Morgan fingerprint density at radius 1 is 1.23 bits per heavy atom. The third-order valence-corrected chi connectivity index (χ3v) is 12.8. The van der Waals surface area contributed by atoms with Crippen LogP contribution in [0.3, 0.4) is 0 Å². The molecule has 0 unspecified atom stereocenters. The lowest BCUT2D eigenvalue weighted by Crippen LogP contribution is -2.63. The highest BCUT2D eigenvalue weighted by Crippen LogP contribution is 2.68. The molecule has 2 bridgehead atoms. The maximum atomic E-state index is 13.6. The van der Waals surface area contributed by atoms with E-state index >= 15 is 0 Å². The summed E-state index contributed by atoms with van der Waals surface area (Å²) in [6.07, 6.45) is 3.95. The fourth-order valence-corrected chi connectivity index (χ4v) is 9.66. The van der Waals surface area contributed by atoms with E-state index in [2.05, 4.69) is 42.9 Å². The number of methoxy groups -OCH3 is 1. The van der Waals surface area contributed by atoms with E-state index in [9.17, 15) is 19.5 Å². The standard InChI is InChI=1S/C32H41N3O6S2/c1-7-30(4)16-23(31(5)18(2)12-14-32(19(3)26(30)38)15-13-21(36)25(31)32)41-24(37)17-42-29-35-34-28(43-29)33-27(39)20-10-8-9-11-22(20)40-6/h7-11,18-19,23,25-26,38H,1,12-17H2,2-6H3,(H,33,34,39)/t18-,19+,23-,25+,26+,30-,31+,32+/m1/s1. The number of hydrogen-bond acceptors (Lipinski definition) is 10. The minimum absolute atomic E-state index is 0.0104. The average molecular weight is 628 g/mol. The first kappa shape index (κ1) is 31.7. The lowest BCUT2D eigenvalue weighted by molar-refractivity contribution is -0.205. The number of rotatable bonds is 8. The van der Waals surface area contributed by atoms with E-state index in [0.717, 1.165) is 30.6 Å². The molecular weight excluding hydrogens is 587 g/mol. The van der Waals surface area contributed by atoms with Crippen LogP contribution >= 0.6 is 23.1 Å². The number of ketones is 1. The lowest BCUT2D eigenvalue weighted by atomic mass is 9.44. The maximum Gasteiger partial charge on any atom is 0.316 e. The number of anilines is 1. The van der Waals surface area contributed by atoms with E-state index in [4.69, 9.17) is 9.47 Å². The van der Waals surface area contributed by atoms with Crippen molar-refractivity contribution in [2.75, 3.05) is 18.2 Å². The zero-order chi connectivity index (χ0) is 31.2. The molecule has 1 amide bonds. The highest BCUT2D eigenvalue weighted by molar-refractivity contribution is 8.01. The highest BCUT2D eigenvalue weighted by atomic mass is 32.2. The van der Waals surface area contributed by atoms with Crippen molar-refractivity contribution in [2.45, 2.75) is 76.3 Å². The normalized spacial score (nSPS) is 35.3. The first-order valence-electron chi connectivity index (χ1n) is 14.8.